The van der Waals surface area contributed by atoms with Gasteiger partial charge in [0.2, 0.25) is 5.91 Å². The summed E-state index contributed by atoms with van der Waals surface area (Å²) in [6.07, 6.45) is 0. The number of nitrogens with one attached hydrogen (secondary N) is 2. The fourth-order valence-electron chi connectivity index (χ4n) is 1.86. The molecular formula is C15H18N2OS. The Kier molecular flexibility index (Phi) is 4.22. The summed E-state index contributed by atoms with van der Waals surface area (Å²) < 4.78 is 0. The zero-order valence-electron chi connectivity index (χ0n) is 11.4. The highest BCUT2D eigenvalue weighted by molar-refractivity contribution is 7.12. The molecule has 1 amide bonds. The monoisotopic (exact) mass is 274 g/mol. The SMILES string of the molecule is CC(=O)Nc1ccc(NC(C)c2ccc(C)s2)cc1. The lowest BCUT2D eigenvalue weighted by Gasteiger charge is -2.14. The zero-order chi connectivity index (χ0) is 13.8. The van der Waals surface area contributed by atoms with Crippen LogP contribution in [0.1, 0.15) is 29.6 Å². The minimum absolute atomic E-state index is 0.0526. The molecule has 2 rings (SSSR count). The molecule has 0 aliphatic carbocycles. The van der Waals surface area contributed by atoms with Crippen LogP contribution in [-0.4, -0.2) is 5.91 Å². The summed E-state index contributed by atoms with van der Waals surface area (Å²) in [5, 5.41) is 6.21. The van der Waals surface area contributed by atoms with E-state index in [1.54, 1.807) is 0 Å². The molecule has 0 bridgehead atoms. The number of rotatable bonds is 4. The first-order valence-corrected chi connectivity index (χ1v) is 7.07. The molecule has 1 aromatic heterocycles. The number of carbonyl (C=O) groups is 1. The van der Waals surface area contributed by atoms with Gasteiger partial charge in [-0.25, -0.2) is 0 Å². The van der Waals surface area contributed by atoms with Gasteiger partial charge in [-0.1, -0.05) is 0 Å². The Morgan fingerprint density at radius 1 is 1.11 bits per heavy atom. The standard InChI is InChI=1S/C15H18N2OS/c1-10-4-9-15(19-10)11(2)16-13-5-7-14(8-6-13)17-12(3)18/h4-9,11,16H,1-3H3,(H,17,18). The van der Waals surface area contributed by atoms with Gasteiger partial charge in [0, 0.05) is 28.1 Å². The van der Waals surface area contributed by atoms with Gasteiger partial charge in [0.25, 0.3) is 0 Å². The number of hydrogen-bond acceptors (Lipinski definition) is 3. The first-order valence-electron chi connectivity index (χ1n) is 6.25. The molecule has 0 spiro atoms. The average Bonchev–Trinajstić information content (AvgIpc) is 2.78. The van der Waals surface area contributed by atoms with E-state index in [0.717, 1.165) is 11.4 Å². The Morgan fingerprint density at radius 3 is 2.26 bits per heavy atom. The third-order valence-electron chi connectivity index (χ3n) is 2.78. The summed E-state index contributed by atoms with van der Waals surface area (Å²) in [6.45, 7) is 5.77. The average molecular weight is 274 g/mol. The maximum Gasteiger partial charge on any atom is 0.221 e. The molecular weight excluding hydrogens is 256 g/mol. The Bertz CT molecular complexity index is 560. The van der Waals surface area contributed by atoms with Crippen LogP contribution in [-0.2, 0) is 4.79 Å². The van der Waals surface area contributed by atoms with Gasteiger partial charge in [0.15, 0.2) is 0 Å². The fourth-order valence-corrected chi connectivity index (χ4v) is 2.74. The van der Waals surface area contributed by atoms with Crippen LogP contribution in [0.25, 0.3) is 0 Å². The van der Waals surface area contributed by atoms with E-state index in [4.69, 9.17) is 0 Å². The highest BCUT2D eigenvalue weighted by atomic mass is 32.1. The second kappa shape index (κ2) is 5.89. The molecule has 0 aliphatic heterocycles. The van der Waals surface area contributed by atoms with Gasteiger partial charge in [-0.05, 0) is 50.2 Å². The molecule has 1 unspecified atom stereocenters. The van der Waals surface area contributed by atoms with Gasteiger partial charge in [-0.2, -0.15) is 0 Å². The molecule has 19 heavy (non-hydrogen) atoms. The lowest BCUT2D eigenvalue weighted by atomic mass is 10.2. The van der Waals surface area contributed by atoms with E-state index in [1.807, 2.05) is 35.6 Å². The summed E-state index contributed by atoms with van der Waals surface area (Å²) in [5.74, 6) is -0.0526. The van der Waals surface area contributed by atoms with E-state index < -0.39 is 0 Å². The molecule has 0 aliphatic rings. The molecule has 3 nitrogen and oxygen atoms in total. The van der Waals surface area contributed by atoms with Crippen molar-refractivity contribution < 1.29 is 4.79 Å². The van der Waals surface area contributed by atoms with Crippen molar-refractivity contribution in [2.75, 3.05) is 10.6 Å². The zero-order valence-corrected chi connectivity index (χ0v) is 12.2. The molecule has 0 fully saturated rings. The van der Waals surface area contributed by atoms with Crippen LogP contribution in [0, 0.1) is 6.92 Å². The number of thiophene rings is 1. The first-order chi connectivity index (χ1) is 9.04. The number of hydrogen-bond donors (Lipinski definition) is 2. The van der Waals surface area contributed by atoms with Crippen LogP contribution >= 0.6 is 11.3 Å². The maximum atomic E-state index is 10.9. The van der Waals surface area contributed by atoms with Gasteiger partial charge in [-0.15, -0.1) is 11.3 Å². The number of anilines is 2. The second-order valence-corrected chi connectivity index (χ2v) is 5.89. The predicted molar refractivity (Wildman–Crippen MR) is 81.8 cm³/mol. The molecule has 1 heterocycles. The molecule has 4 heteroatoms. The van der Waals surface area contributed by atoms with Crippen molar-refractivity contribution in [1.29, 1.82) is 0 Å². The van der Waals surface area contributed by atoms with E-state index in [0.29, 0.717) is 0 Å². The summed E-state index contributed by atoms with van der Waals surface area (Å²) >= 11 is 1.81. The van der Waals surface area contributed by atoms with Crippen LogP contribution in [0.15, 0.2) is 36.4 Å². The van der Waals surface area contributed by atoms with Gasteiger partial charge in [0.05, 0.1) is 6.04 Å². The Hall–Kier alpha value is -1.81. The van der Waals surface area contributed by atoms with Gasteiger partial charge < -0.3 is 10.6 Å². The molecule has 2 N–H and O–H groups in total. The Balaban J connectivity index is 2.01. The van der Waals surface area contributed by atoms with Crippen molar-refractivity contribution in [1.82, 2.24) is 0 Å². The smallest absolute Gasteiger partial charge is 0.221 e. The maximum absolute atomic E-state index is 10.9. The minimum atomic E-state index is -0.0526. The van der Waals surface area contributed by atoms with Crippen molar-refractivity contribution in [3.8, 4) is 0 Å². The molecule has 1 atom stereocenters. The lowest BCUT2D eigenvalue weighted by Crippen LogP contribution is -2.07. The van der Waals surface area contributed by atoms with Crippen LogP contribution in [0.4, 0.5) is 11.4 Å². The first kappa shape index (κ1) is 13.6. The van der Waals surface area contributed by atoms with E-state index >= 15 is 0 Å². The van der Waals surface area contributed by atoms with Gasteiger partial charge in [0.1, 0.15) is 0 Å². The van der Waals surface area contributed by atoms with Gasteiger partial charge >= 0.3 is 0 Å². The van der Waals surface area contributed by atoms with E-state index in [1.165, 1.54) is 16.7 Å². The van der Waals surface area contributed by atoms with Crippen molar-refractivity contribution in [3.05, 3.63) is 46.2 Å². The van der Waals surface area contributed by atoms with Crippen molar-refractivity contribution >= 4 is 28.6 Å². The molecule has 0 radical (unpaired) electrons. The van der Waals surface area contributed by atoms with Crippen LogP contribution < -0.4 is 10.6 Å². The molecule has 100 valence electrons. The predicted octanol–water partition coefficient (Wildman–Crippen LogP) is 4.19. The number of amides is 1. The molecule has 1 aromatic carbocycles. The third kappa shape index (κ3) is 3.83. The van der Waals surface area contributed by atoms with Crippen LogP contribution in [0.3, 0.4) is 0 Å². The molecule has 0 saturated heterocycles. The van der Waals surface area contributed by atoms with Crippen molar-refractivity contribution in [2.45, 2.75) is 26.8 Å². The quantitative estimate of drug-likeness (QED) is 0.877. The topological polar surface area (TPSA) is 41.1 Å². The Morgan fingerprint density at radius 2 is 1.74 bits per heavy atom. The summed E-state index contributed by atoms with van der Waals surface area (Å²) in [5.41, 5.74) is 1.87. The highest BCUT2D eigenvalue weighted by Crippen LogP contribution is 2.26. The second-order valence-electron chi connectivity index (χ2n) is 4.57. The Labute approximate surface area is 117 Å². The van der Waals surface area contributed by atoms with Crippen LogP contribution in [0.2, 0.25) is 0 Å². The van der Waals surface area contributed by atoms with E-state index in [2.05, 4.69) is 36.6 Å². The minimum Gasteiger partial charge on any atom is -0.378 e. The molecule has 2 aromatic rings. The lowest BCUT2D eigenvalue weighted by molar-refractivity contribution is -0.114. The van der Waals surface area contributed by atoms with Gasteiger partial charge in [-0.3, -0.25) is 4.79 Å². The van der Waals surface area contributed by atoms with E-state index in [-0.39, 0.29) is 11.9 Å². The van der Waals surface area contributed by atoms with E-state index in [9.17, 15) is 4.79 Å². The number of carbonyl (C=O) groups excluding carboxylic acids is 1. The van der Waals surface area contributed by atoms with Crippen molar-refractivity contribution in [2.24, 2.45) is 0 Å². The third-order valence-corrected chi connectivity index (χ3v) is 3.96. The number of aryl methyl sites for hydroxylation is 1. The van der Waals surface area contributed by atoms with Crippen molar-refractivity contribution in [3.63, 3.8) is 0 Å². The summed E-state index contributed by atoms with van der Waals surface area (Å²) in [7, 11) is 0. The largest absolute Gasteiger partial charge is 0.378 e. The fraction of sp³-hybridized carbons (Fsp3) is 0.267. The summed E-state index contributed by atoms with van der Waals surface area (Å²) in [4.78, 5) is 13.6. The summed E-state index contributed by atoms with van der Waals surface area (Å²) in [6, 6.07) is 12.3. The molecule has 0 saturated carbocycles. The highest BCUT2D eigenvalue weighted by Gasteiger charge is 2.07. The van der Waals surface area contributed by atoms with Crippen LogP contribution in [0.5, 0.6) is 0 Å². The number of benzene rings is 1. The normalized spacial score (nSPS) is 11.9.